The van der Waals surface area contributed by atoms with Crippen molar-refractivity contribution in [2.24, 2.45) is 0 Å². The average Bonchev–Trinajstić information content (AvgIpc) is 3.09. The second kappa shape index (κ2) is 7.18. The van der Waals surface area contributed by atoms with Crippen molar-refractivity contribution in [3.8, 4) is 5.75 Å². The first kappa shape index (κ1) is 16.7. The first-order valence-corrected chi connectivity index (χ1v) is 9.10. The molecule has 0 fully saturated rings. The summed E-state index contributed by atoms with van der Waals surface area (Å²) in [5, 5.41) is 2.09. The standard InChI is InChI=1S/C19H21NO3S/c1-3-17(21)14-4-6-15(7-5-14)23-12-19(22)20-10-8-18-16(13(20)2)9-11-24-18/h4-7,9,11,13H,3,8,10,12H2,1-2H3/t13-/m0/s1. The summed E-state index contributed by atoms with van der Waals surface area (Å²) in [5.41, 5.74) is 1.92. The topological polar surface area (TPSA) is 46.6 Å². The van der Waals surface area contributed by atoms with E-state index in [1.54, 1.807) is 35.6 Å². The Morgan fingerprint density at radius 3 is 2.71 bits per heavy atom. The highest BCUT2D eigenvalue weighted by Crippen LogP contribution is 2.32. The van der Waals surface area contributed by atoms with Crippen LogP contribution in [0.25, 0.3) is 0 Å². The van der Waals surface area contributed by atoms with Gasteiger partial charge >= 0.3 is 0 Å². The molecular formula is C19H21NO3S. The molecule has 2 heterocycles. The van der Waals surface area contributed by atoms with Crippen molar-refractivity contribution in [2.45, 2.75) is 32.7 Å². The molecule has 126 valence electrons. The molecule has 1 amide bonds. The van der Waals surface area contributed by atoms with E-state index < -0.39 is 0 Å². The number of ketones is 1. The molecule has 0 aliphatic carbocycles. The molecule has 4 nitrogen and oxygen atoms in total. The van der Waals surface area contributed by atoms with E-state index in [1.165, 1.54) is 10.4 Å². The van der Waals surface area contributed by atoms with E-state index in [0.717, 1.165) is 13.0 Å². The maximum atomic E-state index is 12.5. The normalized spacial score (nSPS) is 16.6. The van der Waals surface area contributed by atoms with Gasteiger partial charge in [-0.15, -0.1) is 11.3 Å². The molecular weight excluding hydrogens is 322 g/mol. The van der Waals surface area contributed by atoms with Crippen LogP contribution in [0.3, 0.4) is 0 Å². The molecule has 0 bridgehead atoms. The summed E-state index contributed by atoms with van der Waals surface area (Å²) in [6.07, 6.45) is 1.40. The lowest BCUT2D eigenvalue weighted by molar-refractivity contribution is -0.135. The molecule has 1 aromatic heterocycles. The van der Waals surface area contributed by atoms with Gasteiger partial charge in [0.1, 0.15) is 5.75 Å². The smallest absolute Gasteiger partial charge is 0.261 e. The summed E-state index contributed by atoms with van der Waals surface area (Å²) in [6, 6.07) is 9.17. The van der Waals surface area contributed by atoms with Gasteiger partial charge in [-0.2, -0.15) is 0 Å². The highest BCUT2D eigenvalue weighted by Gasteiger charge is 2.28. The quantitative estimate of drug-likeness (QED) is 0.774. The van der Waals surface area contributed by atoms with Crippen LogP contribution in [0.1, 0.15) is 47.1 Å². The van der Waals surface area contributed by atoms with Gasteiger partial charge in [0.25, 0.3) is 5.91 Å². The third-order valence-corrected chi connectivity index (χ3v) is 5.45. The predicted molar refractivity (Wildman–Crippen MR) is 94.7 cm³/mol. The maximum Gasteiger partial charge on any atom is 0.261 e. The molecule has 1 atom stereocenters. The molecule has 2 aromatic rings. The number of rotatable bonds is 5. The van der Waals surface area contributed by atoms with Crippen molar-refractivity contribution in [1.82, 2.24) is 4.90 Å². The molecule has 0 N–H and O–H groups in total. The second-order valence-corrected chi connectivity index (χ2v) is 6.90. The Balaban J connectivity index is 1.59. The number of carbonyl (C=O) groups is 2. The minimum Gasteiger partial charge on any atom is -0.484 e. The SMILES string of the molecule is CCC(=O)c1ccc(OCC(=O)N2CCc3sccc3[C@@H]2C)cc1. The maximum absolute atomic E-state index is 12.5. The first-order valence-electron chi connectivity index (χ1n) is 8.22. The van der Waals surface area contributed by atoms with E-state index in [4.69, 9.17) is 4.74 Å². The molecule has 0 unspecified atom stereocenters. The van der Waals surface area contributed by atoms with Crippen LogP contribution in [0.2, 0.25) is 0 Å². The van der Waals surface area contributed by atoms with Crippen LogP contribution in [0.4, 0.5) is 0 Å². The van der Waals surface area contributed by atoms with Crippen LogP contribution >= 0.6 is 11.3 Å². The van der Waals surface area contributed by atoms with Gasteiger partial charge in [-0.1, -0.05) is 6.92 Å². The van der Waals surface area contributed by atoms with Crippen molar-refractivity contribution in [2.75, 3.05) is 13.2 Å². The van der Waals surface area contributed by atoms with Crippen LogP contribution in [-0.2, 0) is 11.2 Å². The number of amides is 1. The Hall–Kier alpha value is -2.14. The number of nitrogens with zero attached hydrogens (tertiary/aromatic N) is 1. The minimum atomic E-state index is -0.00642. The van der Waals surface area contributed by atoms with Crippen molar-refractivity contribution in [3.05, 3.63) is 51.7 Å². The van der Waals surface area contributed by atoms with Gasteiger partial charge in [0.15, 0.2) is 12.4 Å². The lowest BCUT2D eigenvalue weighted by atomic mass is 10.0. The largest absolute Gasteiger partial charge is 0.484 e. The van der Waals surface area contributed by atoms with Gasteiger partial charge in [0.05, 0.1) is 6.04 Å². The minimum absolute atomic E-state index is 0.00642. The van der Waals surface area contributed by atoms with Crippen LogP contribution in [0.15, 0.2) is 35.7 Å². The Kier molecular flexibility index (Phi) is 5.00. The van der Waals surface area contributed by atoms with Gasteiger partial charge < -0.3 is 9.64 Å². The van der Waals surface area contributed by atoms with E-state index in [-0.39, 0.29) is 24.3 Å². The summed E-state index contributed by atoms with van der Waals surface area (Å²) >= 11 is 1.76. The van der Waals surface area contributed by atoms with Gasteiger partial charge in [0, 0.05) is 23.4 Å². The summed E-state index contributed by atoms with van der Waals surface area (Å²) in [6.45, 7) is 4.66. The molecule has 1 aromatic carbocycles. The number of carbonyl (C=O) groups excluding carboxylic acids is 2. The van der Waals surface area contributed by atoms with Gasteiger partial charge in [-0.05, 0) is 54.6 Å². The van der Waals surface area contributed by atoms with Gasteiger partial charge in [-0.25, -0.2) is 0 Å². The number of ether oxygens (including phenoxy) is 1. The molecule has 0 saturated carbocycles. The Bertz CT molecular complexity index is 735. The third-order valence-electron chi connectivity index (χ3n) is 4.46. The highest BCUT2D eigenvalue weighted by molar-refractivity contribution is 7.10. The van der Waals surface area contributed by atoms with Crippen molar-refractivity contribution in [1.29, 1.82) is 0 Å². The van der Waals surface area contributed by atoms with Crippen LogP contribution in [0, 0.1) is 0 Å². The zero-order valence-corrected chi connectivity index (χ0v) is 14.8. The molecule has 0 radical (unpaired) electrons. The van der Waals surface area contributed by atoms with Crippen molar-refractivity contribution < 1.29 is 14.3 Å². The fraction of sp³-hybridized carbons (Fsp3) is 0.368. The summed E-state index contributed by atoms with van der Waals surface area (Å²) in [7, 11) is 0. The fourth-order valence-electron chi connectivity index (χ4n) is 3.02. The first-order chi connectivity index (χ1) is 11.6. The predicted octanol–water partition coefficient (Wildman–Crippen LogP) is 3.87. The van der Waals surface area contributed by atoms with E-state index >= 15 is 0 Å². The molecule has 24 heavy (non-hydrogen) atoms. The lowest BCUT2D eigenvalue weighted by Crippen LogP contribution is -2.40. The van der Waals surface area contributed by atoms with Crippen molar-refractivity contribution >= 4 is 23.0 Å². The van der Waals surface area contributed by atoms with Crippen LogP contribution < -0.4 is 4.74 Å². The van der Waals surface area contributed by atoms with E-state index in [2.05, 4.69) is 18.4 Å². The summed E-state index contributed by atoms with van der Waals surface area (Å²) < 4.78 is 5.61. The Morgan fingerprint density at radius 1 is 1.25 bits per heavy atom. The third kappa shape index (κ3) is 3.36. The molecule has 3 rings (SSSR count). The summed E-state index contributed by atoms with van der Waals surface area (Å²) in [4.78, 5) is 27.4. The zero-order valence-electron chi connectivity index (χ0n) is 14.0. The van der Waals surface area contributed by atoms with Gasteiger partial charge in [0.2, 0.25) is 0 Å². The number of thiophene rings is 1. The van der Waals surface area contributed by atoms with Gasteiger partial charge in [-0.3, -0.25) is 9.59 Å². The molecule has 0 spiro atoms. The lowest BCUT2D eigenvalue weighted by Gasteiger charge is -2.33. The molecule has 5 heteroatoms. The molecule has 1 aliphatic rings. The Labute approximate surface area is 146 Å². The monoisotopic (exact) mass is 343 g/mol. The average molecular weight is 343 g/mol. The van der Waals surface area contributed by atoms with Crippen LogP contribution in [-0.4, -0.2) is 29.7 Å². The number of benzene rings is 1. The van der Waals surface area contributed by atoms with E-state index in [9.17, 15) is 9.59 Å². The Morgan fingerprint density at radius 2 is 2.00 bits per heavy atom. The van der Waals surface area contributed by atoms with Crippen molar-refractivity contribution in [3.63, 3.8) is 0 Å². The number of hydrogen-bond donors (Lipinski definition) is 0. The fourth-order valence-corrected chi connectivity index (χ4v) is 3.98. The van der Waals surface area contributed by atoms with Crippen LogP contribution in [0.5, 0.6) is 5.75 Å². The highest BCUT2D eigenvalue weighted by atomic mass is 32.1. The number of fused-ring (bicyclic) bond motifs is 1. The van der Waals surface area contributed by atoms with E-state index in [0.29, 0.717) is 17.7 Å². The number of Topliss-reactive ketones (excluding diaryl/α,β-unsaturated/α-hetero) is 1. The number of hydrogen-bond acceptors (Lipinski definition) is 4. The van der Waals surface area contributed by atoms with E-state index in [1.807, 2.05) is 11.8 Å². The molecule has 0 saturated heterocycles. The zero-order chi connectivity index (χ0) is 17.1. The summed E-state index contributed by atoms with van der Waals surface area (Å²) in [5.74, 6) is 0.705. The molecule has 1 aliphatic heterocycles. The second-order valence-electron chi connectivity index (χ2n) is 5.90.